The molecule has 0 amide bonds. The lowest BCUT2D eigenvalue weighted by Gasteiger charge is -2.11. The number of hydrogen-bond acceptors (Lipinski definition) is 2. The minimum atomic E-state index is 0. The van der Waals surface area contributed by atoms with E-state index in [1.54, 1.807) is 0 Å². The van der Waals surface area contributed by atoms with E-state index in [1.165, 1.54) is 30.2 Å². The van der Waals surface area contributed by atoms with E-state index in [0.29, 0.717) is 0 Å². The number of unbranched alkanes of at least 4 members (excludes halogenated alkanes) is 2. The van der Waals surface area contributed by atoms with Gasteiger partial charge in [-0.2, -0.15) is 0 Å². The van der Waals surface area contributed by atoms with Gasteiger partial charge in [0.2, 0.25) is 0 Å². The van der Waals surface area contributed by atoms with Crippen molar-refractivity contribution in [3.05, 3.63) is 65.2 Å². The summed E-state index contributed by atoms with van der Waals surface area (Å²) in [6.45, 7) is 1.15. The van der Waals surface area contributed by atoms with Gasteiger partial charge in [-0.05, 0) is 63.7 Å². The van der Waals surface area contributed by atoms with Crippen LogP contribution in [0.5, 0.6) is 0 Å². The van der Waals surface area contributed by atoms with Crippen LogP contribution >= 0.6 is 36.4 Å². The fourth-order valence-corrected chi connectivity index (χ4v) is 3.32. The van der Waals surface area contributed by atoms with E-state index < -0.39 is 0 Å². The topological polar surface area (TPSA) is 16.1 Å². The molecule has 2 nitrogen and oxygen atoms in total. The highest BCUT2D eigenvalue weighted by Crippen LogP contribution is 2.28. The minimum Gasteiger partial charge on any atom is -0.309 e. The Morgan fingerprint density at radius 2 is 1.63 bits per heavy atom. The summed E-state index contributed by atoms with van der Waals surface area (Å²) in [4.78, 5) is 7.09. The van der Waals surface area contributed by atoms with Crippen molar-refractivity contribution in [1.29, 1.82) is 0 Å². The Kier molecular flexibility index (Phi) is 10.1. The second-order valence-corrected chi connectivity index (χ2v) is 7.24. The van der Waals surface area contributed by atoms with Gasteiger partial charge < -0.3 is 4.90 Å². The molecule has 0 aliphatic heterocycles. The Bertz CT molecular complexity index is 836. The second kappa shape index (κ2) is 11.5. The van der Waals surface area contributed by atoms with Gasteiger partial charge in [-0.15, -0.1) is 24.8 Å². The van der Waals surface area contributed by atoms with Crippen molar-refractivity contribution in [2.75, 3.05) is 20.6 Å². The first-order chi connectivity index (χ1) is 12.1. The molecule has 27 heavy (non-hydrogen) atoms. The van der Waals surface area contributed by atoms with E-state index in [9.17, 15) is 0 Å². The maximum atomic E-state index is 6.20. The first kappa shape index (κ1) is 23.7. The van der Waals surface area contributed by atoms with Crippen LogP contribution in [0.15, 0.2) is 54.6 Å². The predicted molar refractivity (Wildman–Crippen MR) is 123 cm³/mol. The predicted octanol–water partition coefficient (Wildman–Crippen LogP) is 6.67. The number of benzene rings is 2. The molecule has 0 fully saturated rings. The number of pyridine rings is 1. The monoisotopic (exact) mass is 424 g/mol. The average molecular weight is 426 g/mol. The smallest absolute Gasteiger partial charge is 0.0727 e. The van der Waals surface area contributed by atoms with Gasteiger partial charge in [0, 0.05) is 16.0 Å². The van der Waals surface area contributed by atoms with E-state index in [4.69, 9.17) is 16.6 Å². The lowest BCUT2D eigenvalue weighted by atomic mass is 9.99. The quantitative estimate of drug-likeness (QED) is 0.393. The van der Waals surface area contributed by atoms with Gasteiger partial charge in [0.15, 0.2) is 0 Å². The Morgan fingerprint density at radius 3 is 2.33 bits per heavy atom. The van der Waals surface area contributed by atoms with Crippen LogP contribution < -0.4 is 0 Å². The molecule has 0 radical (unpaired) electrons. The van der Waals surface area contributed by atoms with Gasteiger partial charge in [0.05, 0.1) is 11.2 Å². The maximum Gasteiger partial charge on any atom is 0.0727 e. The largest absolute Gasteiger partial charge is 0.309 e. The summed E-state index contributed by atoms with van der Waals surface area (Å²) in [6, 6.07) is 18.7. The van der Waals surface area contributed by atoms with Crippen molar-refractivity contribution in [2.45, 2.75) is 25.7 Å². The van der Waals surface area contributed by atoms with Crippen molar-refractivity contribution in [1.82, 2.24) is 9.88 Å². The first-order valence-electron chi connectivity index (χ1n) is 8.93. The number of nitrogens with zero attached hydrogens (tertiary/aromatic N) is 2. The van der Waals surface area contributed by atoms with Gasteiger partial charge >= 0.3 is 0 Å². The van der Waals surface area contributed by atoms with E-state index in [-0.39, 0.29) is 24.8 Å². The Balaban J connectivity index is 0.00000182. The highest BCUT2D eigenvalue weighted by molar-refractivity contribution is 6.31. The molecular formula is C22H27Cl3N2. The number of halogens is 3. The highest BCUT2D eigenvalue weighted by Gasteiger charge is 2.08. The first-order valence-corrected chi connectivity index (χ1v) is 9.30. The second-order valence-electron chi connectivity index (χ2n) is 6.81. The summed E-state index contributed by atoms with van der Waals surface area (Å²) >= 11 is 6.20. The van der Waals surface area contributed by atoms with Crippen LogP contribution in [0.3, 0.4) is 0 Å². The molecule has 5 heteroatoms. The Hall–Kier alpha value is -1.32. The molecule has 0 atom stereocenters. The van der Waals surface area contributed by atoms with Crippen molar-refractivity contribution in [3.8, 4) is 11.3 Å². The molecule has 0 aliphatic carbocycles. The normalized spacial score (nSPS) is 10.5. The van der Waals surface area contributed by atoms with E-state index >= 15 is 0 Å². The Labute approximate surface area is 179 Å². The SMILES string of the molecule is CN(C)CCCCCc1cc(-c2ccccc2)nc2cc(Cl)ccc12.Cl.Cl. The highest BCUT2D eigenvalue weighted by atomic mass is 35.5. The van der Waals surface area contributed by atoms with Crippen LogP contribution in [0.1, 0.15) is 24.8 Å². The van der Waals surface area contributed by atoms with Crippen LogP contribution in [0, 0.1) is 0 Å². The standard InChI is InChI=1S/C22H25ClN2.2ClH/c1-25(2)14-8-4-7-11-18-15-21(17-9-5-3-6-10-17)24-22-16-19(23)12-13-20(18)22;;/h3,5-6,9-10,12-13,15-16H,4,7-8,11,14H2,1-2H3;2*1H. The molecule has 3 aromatic rings. The third kappa shape index (κ3) is 6.65. The lowest BCUT2D eigenvalue weighted by molar-refractivity contribution is 0.392. The molecule has 0 spiro atoms. The zero-order valence-electron chi connectivity index (χ0n) is 15.8. The zero-order valence-corrected chi connectivity index (χ0v) is 18.2. The molecule has 1 heterocycles. The lowest BCUT2D eigenvalue weighted by Crippen LogP contribution is -2.12. The molecule has 0 N–H and O–H groups in total. The maximum absolute atomic E-state index is 6.20. The summed E-state index contributed by atoms with van der Waals surface area (Å²) in [7, 11) is 4.26. The van der Waals surface area contributed by atoms with E-state index in [2.05, 4.69) is 55.4 Å². The van der Waals surface area contributed by atoms with E-state index in [0.717, 1.165) is 34.8 Å². The van der Waals surface area contributed by atoms with Crippen LogP contribution in [0.25, 0.3) is 22.2 Å². The molecule has 3 rings (SSSR count). The summed E-state index contributed by atoms with van der Waals surface area (Å²) < 4.78 is 0. The molecule has 146 valence electrons. The van der Waals surface area contributed by atoms with Gasteiger partial charge in [0.25, 0.3) is 0 Å². The van der Waals surface area contributed by atoms with Crippen LogP contribution in [0.2, 0.25) is 5.02 Å². The third-order valence-electron chi connectivity index (χ3n) is 4.48. The number of rotatable bonds is 7. The van der Waals surface area contributed by atoms with Gasteiger partial charge in [-0.1, -0.05) is 54.4 Å². The van der Waals surface area contributed by atoms with Crippen molar-refractivity contribution in [2.24, 2.45) is 0 Å². The fourth-order valence-electron chi connectivity index (χ4n) is 3.16. The molecule has 0 saturated carbocycles. The summed E-state index contributed by atoms with van der Waals surface area (Å²) in [5, 5.41) is 1.96. The van der Waals surface area contributed by atoms with Crippen molar-refractivity contribution in [3.63, 3.8) is 0 Å². The van der Waals surface area contributed by atoms with Crippen LogP contribution in [-0.2, 0) is 6.42 Å². The molecule has 0 saturated heterocycles. The van der Waals surface area contributed by atoms with Crippen molar-refractivity contribution < 1.29 is 0 Å². The van der Waals surface area contributed by atoms with Crippen LogP contribution in [0.4, 0.5) is 0 Å². The third-order valence-corrected chi connectivity index (χ3v) is 4.71. The van der Waals surface area contributed by atoms with E-state index in [1.807, 2.05) is 18.2 Å². The molecule has 0 aliphatic rings. The number of aromatic nitrogens is 1. The molecule has 2 aromatic carbocycles. The molecular weight excluding hydrogens is 399 g/mol. The summed E-state index contributed by atoms with van der Waals surface area (Å²) in [6.07, 6.45) is 4.77. The fraction of sp³-hybridized carbons (Fsp3) is 0.318. The number of aryl methyl sites for hydroxylation is 1. The van der Waals surface area contributed by atoms with Gasteiger partial charge in [0.1, 0.15) is 0 Å². The zero-order chi connectivity index (χ0) is 17.6. The minimum absolute atomic E-state index is 0. The number of hydrogen-bond donors (Lipinski definition) is 0. The number of fused-ring (bicyclic) bond motifs is 1. The Morgan fingerprint density at radius 1 is 0.889 bits per heavy atom. The van der Waals surface area contributed by atoms with Gasteiger partial charge in [-0.3, -0.25) is 0 Å². The van der Waals surface area contributed by atoms with Gasteiger partial charge in [-0.25, -0.2) is 4.98 Å². The van der Waals surface area contributed by atoms with Crippen molar-refractivity contribution >= 4 is 47.3 Å². The molecule has 0 bridgehead atoms. The summed E-state index contributed by atoms with van der Waals surface area (Å²) in [5.41, 5.74) is 4.53. The average Bonchev–Trinajstić information content (AvgIpc) is 2.61. The molecule has 1 aromatic heterocycles. The van der Waals surface area contributed by atoms with Crippen LogP contribution in [-0.4, -0.2) is 30.5 Å². The molecule has 0 unspecified atom stereocenters. The summed E-state index contributed by atoms with van der Waals surface area (Å²) in [5.74, 6) is 0.